The SMILES string of the molecule is O=C(N/N=C/c1cc(Br)c(OCc2ccccc2)c(Br)c1)c1cc2cc(Cl)ccc2o1. The van der Waals surface area contributed by atoms with Crippen LogP contribution in [0.25, 0.3) is 11.0 Å². The van der Waals surface area contributed by atoms with Gasteiger partial charge in [0, 0.05) is 10.4 Å². The van der Waals surface area contributed by atoms with Crippen LogP contribution in [0.2, 0.25) is 5.02 Å². The van der Waals surface area contributed by atoms with E-state index in [1.807, 2.05) is 42.5 Å². The van der Waals surface area contributed by atoms with E-state index in [1.165, 1.54) is 6.21 Å². The van der Waals surface area contributed by atoms with Gasteiger partial charge in [0.05, 0.1) is 15.2 Å². The molecule has 0 saturated carbocycles. The van der Waals surface area contributed by atoms with E-state index in [0.717, 1.165) is 25.5 Å². The molecule has 0 aliphatic carbocycles. The van der Waals surface area contributed by atoms with Gasteiger partial charge in [0.15, 0.2) is 5.76 Å². The zero-order chi connectivity index (χ0) is 21.8. The van der Waals surface area contributed by atoms with Crippen molar-refractivity contribution >= 4 is 66.6 Å². The lowest BCUT2D eigenvalue weighted by Crippen LogP contribution is -2.16. The lowest BCUT2D eigenvalue weighted by atomic mass is 10.2. The van der Waals surface area contributed by atoms with E-state index in [9.17, 15) is 4.79 Å². The second-order valence-electron chi connectivity index (χ2n) is 6.58. The standard InChI is InChI=1S/C23H15Br2ClN2O3/c24-18-8-15(9-19(25)22(18)30-13-14-4-2-1-3-5-14)12-27-28-23(29)21-11-16-10-17(26)6-7-20(16)31-21/h1-12H,13H2,(H,28,29)/b27-12+. The summed E-state index contributed by atoms with van der Waals surface area (Å²) in [6.45, 7) is 0.449. The lowest BCUT2D eigenvalue weighted by molar-refractivity contribution is 0.0929. The smallest absolute Gasteiger partial charge is 0.307 e. The van der Waals surface area contributed by atoms with Gasteiger partial charge in [0.2, 0.25) is 0 Å². The molecule has 3 aromatic carbocycles. The average molecular weight is 563 g/mol. The number of carbonyl (C=O) groups is 1. The van der Waals surface area contributed by atoms with Crippen LogP contribution in [-0.2, 0) is 6.61 Å². The molecule has 156 valence electrons. The van der Waals surface area contributed by atoms with E-state index in [1.54, 1.807) is 24.3 Å². The van der Waals surface area contributed by atoms with Crippen molar-refractivity contribution in [2.75, 3.05) is 0 Å². The Balaban J connectivity index is 1.41. The Morgan fingerprint density at radius 3 is 2.55 bits per heavy atom. The lowest BCUT2D eigenvalue weighted by Gasteiger charge is -2.11. The van der Waals surface area contributed by atoms with Gasteiger partial charge >= 0.3 is 5.91 Å². The zero-order valence-corrected chi connectivity index (χ0v) is 19.9. The predicted molar refractivity (Wildman–Crippen MR) is 129 cm³/mol. The molecule has 0 aliphatic rings. The molecule has 1 aromatic heterocycles. The maximum atomic E-state index is 12.3. The summed E-state index contributed by atoms with van der Waals surface area (Å²) >= 11 is 13.0. The average Bonchev–Trinajstić information content (AvgIpc) is 3.17. The number of hydrogen-bond donors (Lipinski definition) is 1. The van der Waals surface area contributed by atoms with Crippen molar-refractivity contribution in [2.45, 2.75) is 6.61 Å². The van der Waals surface area contributed by atoms with E-state index < -0.39 is 5.91 Å². The number of hydrogen-bond acceptors (Lipinski definition) is 4. The van der Waals surface area contributed by atoms with Crippen molar-refractivity contribution in [3.05, 3.63) is 97.6 Å². The van der Waals surface area contributed by atoms with Gasteiger partial charge < -0.3 is 9.15 Å². The Morgan fingerprint density at radius 2 is 1.81 bits per heavy atom. The van der Waals surface area contributed by atoms with Crippen LogP contribution in [0.5, 0.6) is 5.75 Å². The van der Waals surface area contributed by atoms with E-state index in [4.69, 9.17) is 20.8 Å². The number of nitrogens with one attached hydrogen (secondary N) is 1. The van der Waals surface area contributed by atoms with Crippen molar-refractivity contribution in [1.29, 1.82) is 0 Å². The fourth-order valence-electron chi connectivity index (χ4n) is 2.87. The van der Waals surface area contributed by atoms with Gasteiger partial charge in [-0.15, -0.1) is 0 Å². The summed E-state index contributed by atoms with van der Waals surface area (Å²) < 4.78 is 13.0. The quantitative estimate of drug-likeness (QED) is 0.204. The molecule has 5 nitrogen and oxygen atoms in total. The summed E-state index contributed by atoms with van der Waals surface area (Å²) in [6.07, 6.45) is 1.54. The molecular formula is C23H15Br2ClN2O3. The Bertz CT molecular complexity index is 1250. The van der Waals surface area contributed by atoms with Gasteiger partial charge in [-0.3, -0.25) is 4.79 Å². The number of benzene rings is 3. The summed E-state index contributed by atoms with van der Waals surface area (Å²) in [5.74, 6) is 0.386. The number of amides is 1. The number of rotatable bonds is 6. The largest absolute Gasteiger partial charge is 0.487 e. The minimum atomic E-state index is -0.454. The second-order valence-corrected chi connectivity index (χ2v) is 8.72. The van der Waals surface area contributed by atoms with Crippen LogP contribution in [0.4, 0.5) is 0 Å². The molecule has 0 spiro atoms. The van der Waals surface area contributed by atoms with Crippen molar-refractivity contribution in [3.63, 3.8) is 0 Å². The molecule has 31 heavy (non-hydrogen) atoms. The van der Waals surface area contributed by atoms with Gasteiger partial charge in [-0.1, -0.05) is 41.9 Å². The number of furan rings is 1. The molecule has 1 N–H and O–H groups in total. The van der Waals surface area contributed by atoms with E-state index >= 15 is 0 Å². The molecule has 4 rings (SSSR count). The number of ether oxygens (including phenoxy) is 1. The van der Waals surface area contributed by atoms with Crippen LogP contribution in [-0.4, -0.2) is 12.1 Å². The van der Waals surface area contributed by atoms with E-state index in [0.29, 0.717) is 23.0 Å². The van der Waals surface area contributed by atoms with Crippen LogP contribution in [0.3, 0.4) is 0 Å². The van der Waals surface area contributed by atoms with Gasteiger partial charge in [-0.25, -0.2) is 5.43 Å². The molecule has 0 fully saturated rings. The molecular weight excluding hydrogens is 548 g/mol. The fraction of sp³-hybridized carbons (Fsp3) is 0.0435. The Labute approximate surface area is 200 Å². The molecule has 1 heterocycles. The van der Waals surface area contributed by atoms with Crippen molar-refractivity contribution in [3.8, 4) is 5.75 Å². The van der Waals surface area contributed by atoms with Crippen LogP contribution in [0.15, 0.2) is 85.2 Å². The first-order chi connectivity index (χ1) is 15.0. The highest BCUT2D eigenvalue weighted by Crippen LogP contribution is 2.35. The third-order valence-electron chi connectivity index (χ3n) is 4.33. The van der Waals surface area contributed by atoms with Gasteiger partial charge in [-0.05, 0) is 79.4 Å². The van der Waals surface area contributed by atoms with Crippen molar-refractivity contribution in [2.24, 2.45) is 5.10 Å². The molecule has 8 heteroatoms. The van der Waals surface area contributed by atoms with Gasteiger partial charge in [-0.2, -0.15) is 5.10 Å². The first-order valence-electron chi connectivity index (χ1n) is 9.18. The van der Waals surface area contributed by atoms with Crippen molar-refractivity contribution in [1.82, 2.24) is 5.43 Å². The minimum absolute atomic E-state index is 0.154. The Hall–Kier alpha value is -2.61. The topological polar surface area (TPSA) is 63.8 Å². The summed E-state index contributed by atoms with van der Waals surface area (Å²) in [4.78, 5) is 12.3. The third kappa shape index (κ3) is 5.36. The van der Waals surface area contributed by atoms with Crippen LogP contribution in [0.1, 0.15) is 21.7 Å². The number of hydrazone groups is 1. The molecule has 0 radical (unpaired) electrons. The third-order valence-corrected chi connectivity index (χ3v) is 5.74. The summed E-state index contributed by atoms with van der Waals surface area (Å²) in [7, 11) is 0. The van der Waals surface area contributed by atoms with Crippen LogP contribution < -0.4 is 10.2 Å². The first-order valence-corrected chi connectivity index (χ1v) is 11.1. The van der Waals surface area contributed by atoms with Crippen molar-refractivity contribution < 1.29 is 13.9 Å². The molecule has 1 amide bonds. The second kappa shape index (κ2) is 9.68. The highest BCUT2D eigenvalue weighted by atomic mass is 79.9. The molecule has 0 atom stereocenters. The zero-order valence-electron chi connectivity index (χ0n) is 15.9. The summed E-state index contributed by atoms with van der Waals surface area (Å²) in [6, 6.07) is 20.4. The predicted octanol–water partition coefficient (Wildman–Crippen LogP) is 6.95. The van der Waals surface area contributed by atoms with E-state index in [2.05, 4.69) is 42.4 Å². The Morgan fingerprint density at radius 1 is 1.06 bits per heavy atom. The number of carbonyl (C=O) groups excluding carboxylic acids is 1. The summed E-state index contributed by atoms with van der Waals surface area (Å²) in [5.41, 5.74) is 4.88. The normalized spacial score (nSPS) is 11.2. The molecule has 0 unspecified atom stereocenters. The first kappa shape index (κ1) is 21.6. The highest BCUT2D eigenvalue weighted by molar-refractivity contribution is 9.11. The monoisotopic (exact) mass is 560 g/mol. The highest BCUT2D eigenvalue weighted by Gasteiger charge is 2.12. The number of halogens is 3. The number of fused-ring (bicyclic) bond motifs is 1. The fourth-order valence-corrected chi connectivity index (χ4v) is 4.50. The van der Waals surface area contributed by atoms with Crippen LogP contribution in [0, 0.1) is 0 Å². The summed E-state index contributed by atoms with van der Waals surface area (Å²) in [5, 5.41) is 5.34. The maximum absolute atomic E-state index is 12.3. The molecule has 4 aromatic rings. The number of nitrogens with zero attached hydrogens (tertiary/aromatic N) is 1. The van der Waals surface area contributed by atoms with Crippen LogP contribution >= 0.6 is 43.5 Å². The van der Waals surface area contributed by atoms with Gasteiger partial charge in [0.25, 0.3) is 0 Å². The minimum Gasteiger partial charge on any atom is -0.487 e. The molecule has 0 bridgehead atoms. The molecule has 0 saturated heterocycles. The Kier molecular flexibility index (Phi) is 6.75. The molecule has 0 aliphatic heterocycles. The van der Waals surface area contributed by atoms with Gasteiger partial charge in [0.1, 0.15) is 17.9 Å². The maximum Gasteiger partial charge on any atom is 0.307 e. The van der Waals surface area contributed by atoms with E-state index in [-0.39, 0.29) is 5.76 Å².